The minimum atomic E-state index is -0.946. The summed E-state index contributed by atoms with van der Waals surface area (Å²) in [4.78, 5) is 22.5. The van der Waals surface area contributed by atoms with Gasteiger partial charge in [-0.15, -0.1) is 0 Å². The molecular weight excluding hydrogens is 258 g/mol. The lowest BCUT2D eigenvalue weighted by molar-refractivity contribution is -0.136. The van der Waals surface area contributed by atoms with E-state index in [1.807, 2.05) is 32.9 Å². The monoisotopic (exact) mass is 275 g/mol. The van der Waals surface area contributed by atoms with E-state index < -0.39 is 5.97 Å². The van der Waals surface area contributed by atoms with E-state index in [1.54, 1.807) is 0 Å². The van der Waals surface area contributed by atoms with Crippen LogP contribution in [0.1, 0.15) is 33.7 Å². The zero-order chi connectivity index (χ0) is 14.9. The maximum atomic E-state index is 12.0. The number of furan rings is 1. The van der Waals surface area contributed by atoms with Crippen LogP contribution in [-0.2, 0) is 4.79 Å². The van der Waals surface area contributed by atoms with Crippen molar-refractivity contribution in [1.29, 1.82) is 0 Å². The van der Waals surface area contributed by atoms with Crippen LogP contribution in [0.25, 0.3) is 11.0 Å². The fourth-order valence-electron chi connectivity index (χ4n) is 2.25. The highest BCUT2D eigenvalue weighted by Gasteiger charge is 2.19. The van der Waals surface area contributed by atoms with E-state index in [0.717, 1.165) is 22.1 Å². The maximum Gasteiger partial charge on any atom is 0.305 e. The third kappa shape index (κ3) is 2.52. The lowest BCUT2D eigenvalue weighted by Crippen LogP contribution is -2.26. The predicted octanol–water partition coefficient (Wildman–Crippen LogP) is 2.56. The Kier molecular flexibility index (Phi) is 3.79. The minimum Gasteiger partial charge on any atom is -0.481 e. The second kappa shape index (κ2) is 5.36. The first kappa shape index (κ1) is 14.1. The molecule has 2 rings (SSSR count). The van der Waals surface area contributed by atoms with E-state index in [9.17, 15) is 9.59 Å². The van der Waals surface area contributed by atoms with Gasteiger partial charge in [-0.25, -0.2) is 0 Å². The molecule has 0 spiro atoms. The highest BCUT2D eigenvalue weighted by atomic mass is 16.4. The van der Waals surface area contributed by atoms with Gasteiger partial charge in [-0.1, -0.05) is 12.1 Å². The summed E-state index contributed by atoms with van der Waals surface area (Å²) in [5.41, 5.74) is 3.52. The second-order valence-electron chi connectivity index (χ2n) is 4.86. The van der Waals surface area contributed by atoms with Crippen molar-refractivity contribution in [1.82, 2.24) is 5.32 Å². The fourth-order valence-corrected chi connectivity index (χ4v) is 2.25. The van der Waals surface area contributed by atoms with Crippen LogP contribution < -0.4 is 5.32 Å². The first-order valence-corrected chi connectivity index (χ1v) is 6.41. The van der Waals surface area contributed by atoms with Crippen molar-refractivity contribution in [3.05, 3.63) is 34.6 Å². The summed E-state index contributed by atoms with van der Waals surface area (Å²) in [5.74, 6) is -1.07. The maximum absolute atomic E-state index is 12.0. The number of benzene rings is 1. The summed E-state index contributed by atoms with van der Waals surface area (Å²) in [6, 6.07) is 3.94. The molecule has 0 aliphatic carbocycles. The number of fused-ring (bicyclic) bond motifs is 1. The number of carboxylic acid groups (broad SMARTS) is 1. The van der Waals surface area contributed by atoms with E-state index >= 15 is 0 Å². The lowest BCUT2D eigenvalue weighted by Gasteiger charge is -2.01. The van der Waals surface area contributed by atoms with Gasteiger partial charge >= 0.3 is 5.97 Å². The predicted molar refractivity (Wildman–Crippen MR) is 75.0 cm³/mol. The minimum absolute atomic E-state index is 0.0859. The van der Waals surface area contributed by atoms with Gasteiger partial charge in [-0.2, -0.15) is 0 Å². The molecule has 0 atom stereocenters. The van der Waals surface area contributed by atoms with Gasteiger partial charge in [0.2, 0.25) is 0 Å². The van der Waals surface area contributed by atoms with Crippen LogP contribution in [-0.4, -0.2) is 23.5 Å². The smallest absolute Gasteiger partial charge is 0.305 e. The summed E-state index contributed by atoms with van der Waals surface area (Å²) in [5, 5.41) is 12.1. The standard InChI is InChI=1S/C15H17NO4/c1-8-4-5-9(2)13-12(8)10(3)14(20-13)15(19)16-7-6-11(17)18/h4-5H,6-7H2,1-3H3,(H,16,19)(H,17,18). The molecule has 1 heterocycles. The molecule has 0 fully saturated rings. The Hall–Kier alpha value is -2.30. The third-order valence-electron chi connectivity index (χ3n) is 3.31. The zero-order valence-electron chi connectivity index (χ0n) is 11.7. The normalized spacial score (nSPS) is 10.8. The number of carbonyl (C=O) groups excluding carboxylic acids is 1. The molecule has 0 aliphatic rings. The second-order valence-corrected chi connectivity index (χ2v) is 4.86. The van der Waals surface area contributed by atoms with Crippen molar-refractivity contribution in [3.63, 3.8) is 0 Å². The van der Waals surface area contributed by atoms with Crippen molar-refractivity contribution in [3.8, 4) is 0 Å². The Balaban J connectivity index is 2.33. The molecule has 0 unspecified atom stereocenters. The molecule has 0 saturated heterocycles. The van der Waals surface area contributed by atoms with Crippen LogP contribution in [0.2, 0.25) is 0 Å². The summed E-state index contributed by atoms with van der Waals surface area (Å²) in [6.45, 7) is 5.82. The molecule has 106 valence electrons. The molecule has 2 N–H and O–H groups in total. The fraction of sp³-hybridized carbons (Fsp3) is 0.333. The van der Waals surface area contributed by atoms with Crippen molar-refractivity contribution in [2.24, 2.45) is 0 Å². The van der Waals surface area contributed by atoms with Crippen LogP contribution in [0, 0.1) is 20.8 Å². The molecule has 1 amide bonds. The van der Waals surface area contributed by atoms with E-state index in [4.69, 9.17) is 9.52 Å². The Bertz CT molecular complexity index is 685. The van der Waals surface area contributed by atoms with Gasteiger partial charge in [0.05, 0.1) is 6.42 Å². The summed E-state index contributed by atoms with van der Waals surface area (Å²) < 4.78 is 5.67. The number of amides is 1. The molecule has 0 saturated carbocycles. The third-order valence-corrected chi connectivity index (χ3v) is 3.31. The Morgan fingerprint density at radius 2 is 1.85 bits per heavy atom. The molecule has 0 radical (unpaired) electrons. The largest absolute Gasteiger partial charge is 0.481 e. The molecule has 5 heteroatoms. The van der Waals surface area contributed by atoms with Gasteiger partial charge in [0.1, 0.15) is 5.58 Å². The summed E-state index contributed by atoms with van der Waals surface area (Å²) in [6.07, 6.45) is -0.108. The molecule has 0 bridgehead atoms. The van der Waals surface area contributed by atoms with Crippen molar-refractivity contribution >= 4 is 22.8 Å². The van der Waals surface area contributed by atoms with Gasteiger partial charge in [-0.05, 0) is 31.9 Å². The number of aliphatic carboxylic acids is 1. The Labute approximate surface area is 116 Å². The zero-order valence-corrected chi connectivity index (χ0v) is 11.7. The van der Waals surface area contributed by atoms with Crippen LogP contribution >= 0.6 is 0 Å². The van der Waals surface area contributed by atoms with Gasteiger partial charge in [0, 0.05) is 17.5 Å². The van der Waals surface area contributed by atoms with Crippen molar-refractivity contribution in [2.75, 3.05) is 6.54 Å². The number of hydrogen-bond acceptors (Lipinski definition) is 3. The highest BCUT2D eigenvalue weighted by molar-refractivity contribution is 6.00. The summed E-state index contributed by atoms with van der Waals surface area (Å²) in [7, 11) is 0. The van der Waals surface area contributed by atoms with E-state index in [-0.39, 0.29) is 24.6 Å². The lowest BCUT2D eigenvalue weighted by atomic mass is 10.0. The first-order valence-electron chi connectivity index (χ1n) is 6.41. The molecular formula is C15H17NO4. The molecule has 20 heavy (non-hydrogen) atoms. The number of aryl methyl sites for hydroxylation is 3. The number of carboxylic acids is 1. The highest BCUT2D eigenvalue weighted by Crippen LogP contribution is 2.30. The van der Waals surface area contributed by atoms with E-state index in [0.29, 0.717) is 5.58 Å². The first-order chi connectivity index (χ1) is 9.41. The van der Waals surface area contributed by atoms with Crippen LogP contribution in [0.4, 0.5) is 0 Å². The van der Waals surface area contributed by atoms with Gasteiger partial charge in [0.25, 0.3) is 5.91 Å². The van der Waals surface area contributed by atoms with Crippen molar-refractivity contribution in [2.45, 2.75) is 27.2 Å². The average molecular weight is 275 g/mol. The van der Waals surface area contributed by atoms with E-state index in [1.165, 1.54) is 0 Å². The Morgan fingerprint density at radius 3 is 2.45 bits per heavy atom. The molecule has 1 aromatic carbocycles. The van der Waals surface area contributed by atoms with Gasteiger partial charge < -0.3 is 14.8 Å². The van der Waals surface area contributed by atoms with Crippen molar-refractivity contribution < 1.29 is 19.1 Å². The van der Waals surface area contributed by atoms with Crippen LogP contribution in [0.5, 0.6) is 0 Å². The van der Waals surface area contributed by atoms with Gasteiger partial charge in [-0.3, -0.25) is 9.59 Å². The van der Waals surface area contributed by atoms with Gasteiger partial charge in [0.15, 0.2) is 5.76 Å². The summed E-state index contributed by atoms with van der Waals surface area (Å²) >= 11 is 0. The molecule has 5 nitrogen and oxygen atoms in total. The Morgan fingerprint density at radius 1 is 1.20 bits per heavy atom. The number of carbonyl (C=O) groups is 2. The average Bonchev–Trinajstić information content (AvgIpc) is 2.73. The molecule has 1 aromatic heterocycles. The SMILES string of the molecule is Cc1ccc(C)c2c(C)c(C(=O)NCCC(=O)O)oc12. The number of nitrogens with one attached hydrogen (secondary N) is 1. The topological polar surface area (TPSA) is 79.5 Å². The number of rotatable bonds is 4. The quantitative estimate of drug-likeness (QED) is 0.898. The van der Waals surface area contributed by atoms with E-state index in [2.05, 4.69) is 5.32 Å². The molecule has 0 aliphatic heterocycles. The molecule has 2 aromatic rings. The number of hydrogen-bond donors (Lipinski definition) is 2. The van der Waals surface area contributed by atoms with Crippen LogP contribution in [0.15, 0.2) is 16.5 Å². The van der Waals surface area contributed by atoms with Crippen LogP contribution in [0.3, 0.4) is 0 Å².